The number of aromatic nitrogens is 3. The summed E-state index contributed by atoms with van der Waals surface area (Å²) in [6, 6.07) is 13.9. The van der Waals surface area contributed by atoms with Gasteiger partial charge in [0.1, 0.15) is 5.69 Å². The van der Waals surface area contributed by atoms with Crippen LogP contribution in [0.4, 0.5) is 0 Å². The normalized spacial score (nSPS) is 11.4. The molecule has 0 bridgehead atoms. The highest BCUT2D eigenvalue weighted by Crippen LogP contribution is 2.26. The van der Waals surface area contributed by atoms with Crippen molar-refractivity contribution < 1.29 is 0 Å². The number of aromatic amines is 1. The number of rotatable bonds is 1. The lowest BCUT2D eigenvalue weighted by Gasteiger charge is -2.03. The first kappa shape index (κ1) is 12.8. The third-order valence-electron chi connectivity index (χ3n) is 3.96. The van der Waals surface area contributed by atoms with Crippen molar-refractivity contribution in [3.05, 3.63) is 70.1 Å². The molecule has 1 N–H and O–H groups in total. The van der Waals surface area contributed by atoms with Crippen LogP contribution in [0.15, 0.2) is 53.5 Å². The van der Waals surface area contributed by atoms with Crippen molar-refractivity contribution in [2.24, 2.45) is 0 Å². The largest absolute Gasteiger partial charge is 0.360 e. The minimum atomic E-state index is -0.0986. The molecule has 0 amide bonds. The first-order valence-corrected chi connectivity index (χ1v) is 7.21. The fraction of sp³-hybridized carbons (Fsp3) is 0.111. The summed E-state index contributed by atoms with van der Waals surface area (Å²) < 4.78 is 1.47. The number of hydrogen-bond acceptors (Lipinski definition) is 2. The molecular weight excluding hydrogens is 274 g/mol. The topological polar surface area (TPSA) is 50.7 Å². The maximum absolute atomic E-state index is 12.6. The Labute approximate surface area is 127 Å². The van der Waals surface area contributed by atoms with Crippen LogP contribution in [-0.4, -0.2) is 14.8 Å². The van der Waals surface area contributed by atoms with Gasteiger partial charge >= 0.3 is 0 Å². The lowest BCUT2D eigenvalue weighted by atomic mass is 10.1. The first-order chi connectivity index (χ1) is 10.6. The van der Waals surface area contributed by atoms with Crippen LogP contribution in [0.2, 0.25) is 0 Å². The Bertz CT molecular complexity index is 1010. The monoisotopic (exact) mass is 289 g/mol. The van der Waals surface area contributed by atoms with Crippen LogP contribution >= 0.6 is 0 Å². The Morgan fingerprint density at radius 2 is 1.73 bits per heavy atom. The van der Waals surface area contributed by atoms with Crippen molar-refractivity contribution in [1.82, 2.24) is 14.8 Å². The van der Waals surface area contributed by atoms with E-state index >= 15 is 0 Å². The maximum Gasteiger partial charge on any atom is 0.282 e. The summed E-state index contributed by atoms with van der Waals surface area (Å²) in [5.41, 5.74) is 5.31. The molecule has 2 aliphatic rings. The number of H-pyrrole nitrogens is 1. The molecule has 4 rings (SSSR count). The van der Waals surface area contributed by atoms with Crippen LogP contribution < -0.4 is 5.56 Å². The quantitative estimate of drug-likeness (QED) is 0.583. The predicted octanol–water partition coefficient (Wildman–Crippen LogP) is 3.44. The van der Waals surface area contributed by atoms with Gasteiger partial charge in [-0.25, -0.2) is 0 Å². The molecule has 0 fully saturated rings. The molecule has 4 heteroatoms. The SMILES string of the molecule is Cc1ccc(-n2nc3c4cc(C)ccc4[nH]cc-3c2=O)cc1. The van der Waals surface area contributed by atoms with E-state index in [4.69, 9.17) is 0 Å². The van der Waals surface area contributed by atoms with Gasteiger partial charge in [0.05, 0.1) is 11.3 Å². The van der Waals surface area contributed by atoms with Crippen molar-refractivity contribution in [2.45, 2.75) is 13.8 Å². The Morgan fingerprint density at radius 3 is 2.50 bits per heavy atom. The summed E-state index contributed by atoms with van der Waals surface area (Å²) in [5.74, 6) is 0. The van der Waals surface area contributed by atoms with E-state index in [1.165, 1.54) is 4.68 Å². The predicted molar refractivity (Wildman–Crippen MR) is 87.8 cm³/mol. The van der Waals surface area contributed by atoms with Crippen molar-refractivity contribution >= 4 is 10.9 Å². The number of hydrogen-bond donors (Lipinski definition) is 1. The van der Waals surface area contributed by atoms with Crippen molar-refractivity contribution in [2.75, 3.05) is 0 Å². The zero-order valence-electron chi connectivity index (χ0n) is 12.4. The van der Waals surface area contributed by atoms with Crippen LogP contribution in [0, 0.1) is 13.8 Å². The standard InChI is InChI=1S/C18H15N3O/c1-11-3-6-13(7-4-11)21-18(22)15-10-19-16-8-5-12(2)9-14(16)17(15)20-21/h3-10,19H,1-2H3. The Balaban J connectivity index is 2.05. The van der Waals surface area contributed by atoms with Gasteiger partial charge in [0, 0.05) is 17.1 Å². The fourth-order valence-electron chi connectivity index (χ4n) is 2.73. The van der Waals surface area contributed by atoms with E-state index in [1.807, 2.05) is 50.2 Å². The molecule has 0 atom stereocenters. The molecule has 4 nitrogen and oxygen atoms in total. The smallest absolute Gasteiger partial charge is 0.282 e. The van der Waals surface area contributed by atoms with E-state index in [2.05, 4.69) is 16.1 Å². The Hall–Kier alpha value is -2.88. The molecule has 0 aromatic heterocycles. The number of fused-ring (bicyclic) bond motifs is 3. The Kier molecular flexibility index (Phi) is 2.66. The number of benzene rings is 2. The van der Waals surface area contributed by atoms with Gasteiger partial charge in [-0.15, -0.1) is 0 Å². The second-order valence-corrected chi connectivity index (χ2v) is 5.65. The number of aryl methyl sites for hydroxylation is 2. The second-order valence-electron chi connectivity index (χ2n) is 5.65. The zero-order valence-corrected chi connectivity index (χ0v) is 12.4. The summed E-state index contributed by atoms with van der Waals surface area (Å²) in [7, 11) is 0. The second kappa shape index (κ2) is 4.56. The van der Waals surface area contributed by atoms with Gasteiger partial charge in [0.2, 0.25) is 0 Å². The molecule has 22 heavy (non-hydrogen) atoms. The third-order valence-corrected chi connectivity index (χ3v) is 3.96. The summed E-state index contributed by atoms with van der Waals surface area (Å²) in [4.78, 5) is 15.8. The van der Waals surface area contributed by atoms with Gasteiger partial charge in [-0.2, -0.15) is 9.78 Å². The molecule has 0 radical (unpaired) electrons. The number of nitrogens with zero attached hydrogens (tertiary/aromatic N) is 2. The van der Waals surface area contributed by atoms with E-state index in [-0.39, 0.29) is 5.56 Å². The van der Waals surface area contributed by atoms with E-state index < -0.39 is 0 Å². The van der Waals surface area contributed by atoms with Gasteiger partial charge < -0.3 is 4.98 Å². The van der Waals surface area contributed by atoms with Gasteiger partial charge in [0.15, 0.2) is 0 Å². The van der Waals surface area contributed by atoms with Crippen molar-refractivity contribution in [3.63, 3.8) is 0 Å². The minimum Gasteiger partial charge on any atom is -0.360 e. The van der Waals surface area contributed by atoms with Gasteiger partial charge in [-0.05, 0) is 38.1 Å². The average molecular weight is 289 g/mol. The maximum atomic E-state index is 12.6. The summed E-state index contributed by atoms with van der Waals surface area (Å²) >= 11 is 0. The third kappa shape index (κ3) is 1.84. The molecule has 2 aliphatic heterocycles. The van der Waals surface area contributed by atoms with Crippen LogP contribution in [-0.2, 0) is 0 Å². The molecule has 2 aromatic rings. The fourth-order valence-corrected chi connectivity index (χ4v) is 2.73. The molecule has 0 unspecified atom stereocenters. The lowest BCUT2D eigenvalue weighted by molar-refractivity contribution is 0.858. The molecule has 2 heterocycles. The molecular formula is C18H15N3O. The van der Waals surface area contributed by atoms with Gasteiger partial charge in [-0.3, -0.25) is 4.79 Å². The highest BCUT2D eigenvalue weighted by molar-refractivity contribution is 5.93. The number of pyridine rings is 1. The number of nitrogens with one attached hydrogen (secondary N) is 1. The lowest BCUT2D eigenvalue weighted by Crippen LogP contribution is -2.14. The van der Waals surface area contributed by atoms with E-state index in [0.717, 1.165) is 33.4 Å². The molecule has 0 spiro atoms. The van der Waals surface area contributed by atoms with Crippen molar-refractivity contribution in [3.8, 4) is 16.9 Å². The van der Waals surface area contributed by atoms with E-state index in [9.17, 15) is 4.79 Å². The molecule has 2 aromatic carbocycles. The Morgan fingerprint density at radius 1 is 1.00 bits per heavy atom. The van der Waals surface area contributed by atoms with Crippen LogP contribution in [0.1, 0.15) is 11.1 Å². The molecule has 0 saturated carbocycles. The highest BCUT2D eigenvalue weighted by Gasteiger charge is 2.18. The molecule has 108 valence electrons. The molecule has 0 saturated heterocycles. The zero-order chi connectivity index (χ0) is 15.3. The highest BCUT2D eigenvalue weighted by atomic mass is 16.1. The summed E-state index contributed by atoms with van der Waals surface area (Å²) in [6.07, 6.45) is 1.74. The van der Waals surface area contributed by atoms with Crippen LogP contribution in [0.5, 0.6) is 0 Å². The van der Waals surface area contributed by atoms with Gasteiger partial charge in [-0.1, -0.05) is 29.3 Å². The average Bonchev–Trinajstić information content (AvgIpc) is 2.86. The summed E-state index contributed by atoms with van der Waals surface area (Å²) in [6.45, 7) is 4.06. The van der Waals surface area contributed by atoms with Crippen LogP contribution in [0.3, 0.4) is 0 Å². The minimum absolute atomic E-state index is 0.0986. The van der Waals surface area contributed by atoms with Crippen molar-refractivity contribution in [1.29, 1.82) is 0 Å². The summed E-state index contributed by atoms with van der Waals surface area (Å²) in [5, 5.41) is 5.54. The van der Waals surface area contributed by atoms with Crippen LogP contribution in [0.25, 0.3) is 27.8 Å². The van der Waals surface area contributed by atoms with E-state index in [1.54, 1.807) is 6.20 Å². The van der Waals surface area contributed by atoms with E-state index in [0.29, 0.717) is 5.56 Å². The first-order valence-electron chi connectivity index (χ1n) is 7.21. The molecule has 0 aliphatic carbocycles. The van der Waals surface area contributed by atoms with Gasteiger partial charge in [0.25, 0.3) is 5.56 Å².